The molecule has 0 unspecified atom stereocenters. The van der Waals surface area contributed by atoms with Gasteiger partial charge in [0.25, 0.3) is 5.91 Å². The number of aromatic amines is 1. The number of carbonyl (C=O) groups excluding carboxylic acids is 2. The standard InChI is InChI=1S/C19H10Br2N2O3S2/c20-12-5-9(6-13(21)17(12)25)23-18(26)16(28-19(23)27)7-15(24)11-8-22-14-4-2-1-3-10(11)14/h1-8,22,25H/b16-7-. The van der Waals surface area contributed by atoms with Crippen molar-refractivity contribution in [2.24, 2.45) is 0 Å². The second-order valence-corrected chi connectivity index (χ2v) is 9.27. The summed E-state index contributed by atoms with van der Waals surface area (Å²) in [4.78, 5) is 30.3. The van der Waals surface area contributed by atoms with Crippen LogP contribution < -0.4 is 4.90 Å². The van der Waals surface area contributed by atoms with Crippen LogP contribution in [0.15, 0.2) is 62.5 Å². The van der Waals surface area contributed by atoms with Crippen LogP contribution in [0.5, 0.6) is 5.75 Å². The number of anilines is 1. The lowest BCUT2D eigenvalue weighted by molar-refractivity contribution is -0.113. The van der Waals surface area contributed by atoms with Crippen LogP contribution in [0, 0.1) is 0 Å². The summed E-state index contributed by atoms with van der Waals surface area (Å²) in [6.45, 7) is 0. The van der Waals surface area contributed by atoms with Crippen LogP contribution in [-0.4, -0.2) is 26.1 Å². The third kappa shape index (κ3) is 3.32. The van der Waals surface area contributed by atoms with Crippen molar-refractivity contribution in [1.29, 1.82) is 0 Å². The number of nitrogens with one attached hydrogen (secondary N) is 1. The molecular formula is C19H10Br2N2O3S2. The number of nitrogens with zero attached hydrogens (tertiary/aromatic N) is 1. The first-order chi connectivity index (χ1) is 13.4. The van der Waals surface area contributed by atoms with Gasteiger partial charge in [0.15, 0.2) is 10.1 Å². The number of hydrogen-bond donors (Lipinski definition) is 2. The van der Waals surface area contributed by atoms with Gasteiger partial charge in [-0.2, -0.15) is 0 Å². The molecule has 0 spiro atoms. The summed E-state index contributed by atoms with van der Waals surface area (Å²) >= 11 is 12.9. The van der Waals surface area contributed by atoms with Crippen LogP contribution in [0.1, 0.15) is 10.4 Å². The number of H-pyrrole nitrogens is 1. The van der Waals surface area contributed by atoms with Crippen LogP contribution in [0.25, 0.3) is 10.9 Å². The molecular weight excluding hydrogens is 528 g/mol. The summed E-state index contributed by atoms with van der Waals surface area (Å²) in [7, 11) is 0. The average molecular weight is 538 g/mol. The van der Waals surface area contributed by atoms with Gasteiger partial charge in [-0.1, -0.05) is 42.2 Å². The second-order valence-electron chi connectivity index (χ2n) is 5.89. The van der Waals surface area contributed by atoms with E-state index in [0.29, 0.717) is 24.5 Å². The van der Waals surface area contributed by atoms with Gasteiger partial charge in [0.2, 0.25) is 0 Å². The van der Waals surface area contributed by atoms with Crippen LogP contribution in [0.2, 0.25) is 0 Å². The van der Waals surface area contributed by atoms with Gasteiger partial charge in [-0.3, -0.25) is 14.5 Å². The highest BCUT2D eigenvalue weighted by Gasteiger charge is 2.34. The molecule has 1 aliphatic heterocycles. The van der Waals surface area contributed by atoms with Gasteiger partial charge < -0.3 is 10.1 Å². The van der Waals surface area contributed by atoms with Crippen molar-refractivity contribution in [2.45, 2.75) is 0 Å². The Morgan fingerprint density at radius 1 is 1.21 bits per heavy atom. The van der Waals surface area contributed by atoms with Crippen molar-refractivity contribution in [1.82, 2.24) is 4.98 Å². The number of hydrogen-bond acceptors (Lipinski definition) is 5. The molecule has 28 heavy (non-hydrogen) atoms. The number of ketones is 1. The minimum absolute atomic E-state index is 0.0271. The molecule has 3 aromatic rings. The van der Waals surface area contributed by atoms with E-state index in [1.165, 1.54) is 11.0 Å². The van der Waals surface area contributed by atoms with Gasteiger partial charge in [-0.15, -0.1) is 0 Å². The van der Waals surface area contributed by atoms with Gasteiger partial charge in [-0.25, -0.2) is 0 Å². The lowest BCUT2D eigenvalue weighted by Crippen LogP contribution is -2.27. The molecule has 1 saturated heterocycles. The Morgan fingerprint density at radius 2 is 1.89 bits per heavy atom. The van der Waals surface area contributed by atoms with E-state index in [1.54, 1.807) is 18.3 Å². The smallest absolute Gasteiger partial charge is 0.270 e. The Labute approximate surface area is 186 Å². The van der Waals surface area contributed by atoms with Crippen LogP contribution in [0.3, 0.4) is 0 Å². The molecule has 9 heteroatoms. The summed E-state index contributed by atoms with van der Waals surface area (Å²) in [5.74, 6) is -0.627. The number of amides is 1. The molecule has 1 amide bonds. The number of thiocarbonyl (C=S) groups is 1. The Bertz CT molecular complexity index is 1180. The SMILES string of the molecule is O=C(/C=C1\SC(=S)N(c2cc(Br)c(O)c(Br)c2)C1=O)c1c[nH]c2ccccc12. The van der Waals surface area contributed by atoms with E-state index in [4.69, 9.17) is 12.2 Å². The number of allylic oxidation sites excluding steroid dienone is 1. The third-order valence-corrected chi connectivity index (χ3v) is 6.68. The molecule has 0 atom stereocenters. The second kappa shape index (κ2) is 7.47. The Morgan fingerprint density at radius 3 is 2.61 bits per heavy atom. The first-order valence-electron chi connectivity index (χ1n) is 7.93. The number of aromatic nitrogens is 1. The highest BCUT2D eigenvalue weighted by Crippen LogP contribution is 2.41. The third-order valence-electron chi connectivity index (χ3n) is 4.17. The molecule has 4 rings (SSSR count). The topological polar surface area (TPSA) is 73.4 Å². The molecule has 2 heterocycles. The van der Waals surface area contributed by atoms with Crippen LogP contribution in [0.4, 0.5) is 5.69 Å². The lowest BCUT2D eigenvalue weighted by Gasteiger charge is -2.16. The number of rotatable bonds is 3. The average Bonchev–Trinajstić information content (AvgIpc) is 3.20. The van der Waals surface area contributed by atoms with Gasteiger partial charge in [0.05, 0.1) is 19.5 Å². The molecule has 1 aromatic heterocycles. The summed E-state index contributed by atoms with van der Waals surface area (Å²) in [5, 5.41) is 10.7. The fourth-order valence-corrected chi connectivity index (χ4v) is 5.28. The molecule has 2 aromatic carbocycles. The van der Waals surface area contributed by atoms with Crippen molar-refractivity contribution >= 4 is 88.4 Å². The van der Waals surface area contributed by atoms with E-state index >= 15 is 0 Å². The molecule has 1 aliphatic rings. The Balaban J connectivity index is 1.68. The maximum absolute atomic E-state index is 12.9. The van der Waals surface area contributed by atoms with Gasteiger partial charge in [-0.05, 0) is 50.1 Å². The number of carbonyl (C=O) groups is 2. The molecule has 5 nitrogen and oxygen atoms in total. The van der Waals surface area contributed by atoms with E-state index in [-0.39, 0.29) is 22.3 Å². The summed E-state index contributed by atoms with van der Waals surface area (Å²) in [6.07, 6.45) is 2.96. The maximum atomic E-state index is 12.9. The number of aromatic hydroxyl groups is 1. The predicted molar refractivity (Wildman–Crippen MR) is 122 cm³/mol. The molecule has 1 fully saturated rings. The zero-order chi connectivity index (χ0) is 20.0. The molecule has 0 saturated carbocycles. The van der Waals surface area contributed by atoms with Crippen molar-refractivity contribution < 1.29 is 14.7 Å². The van der Waals surface area contributed by atoms with Crippen LogP contribution >= 0.6 is 55.8 Å². The van der Waals surface area contributed by atoms with Gasteiger partial charge in [0.1, 0.15) is 5.75 Å². The first kappa shape index (κ1) is 19.4. The number of para-hydroxylation sites is 1. The van der Waals surface area contributed by atoms with Crippen LogP contribution in [-0.2, 0) is 4.79 Å². The zero-order valence-corrected chi connectivity index (χ0v) is 18.7. The quantitative estimate of drug-likeness (QED) is 0.261. The molecule has 2 N–H and O–H groups in total. The Kier molecular flexibility index (Phi) is 5.17. The fourth-order valence-electron chi connectivity index (χ4n) is 2.84. The number of halogens is 2. The minimum Gasteiger partial charge on any atom is -0.506 e. The largest absolute Gasteiger partial charge is 0.506 e. The summed E-state index contributed by atoms with van der Waals surface area (Å²) in [5.41, 5.74) is 1.84. The fraction of sp³-hybridized carbons (Fsp3) is 0. The number of fused-ring (bicyclic) bond motifs is 1. The van der Waals surface area contributed by atoms with E-state index in [0.717, 1.165) is 22.7 Å². The van der Waals surface area contributed by atoms with Crippen molar-refractivity contribution in [3.63, 3.8) is 0 Å². The molecule has 0 aliphatic carbocycles. The number of phenolic OH excluding ortho intramolecular Hbond substituents is 1. The van der Waals surface area contributed by atoms with Crippen molar-refractivity contribution in [3.05, 3.63) is 68.1 Å². The highest BCUT2D eigenvalue weighted by molar-refractivity contribution is 9.11. The monoisotopic (exact) mass is 536 g/mol. The predicted octanol–water partition coefficient (Wildman–Crippen LogP) is 5.53. The van der Waals surface area contributed by atoms with Crippen molar-refractivity contribution in [2.75, 3.05) is 4.90 Å². The normalized spacial score (nSPS) is 15.8. The Hall–Kier alpha value is -1.94. The zero-order valence-electron chi connectivity index (χ0n) is 13.9. The number of thioether (sulfide) groups is 1. The van der Waals surface area contributed by atoms with E-state index in [1.807, 2.05) is 24.3 Å². The number of benzene rings is 2. The molecule has 140 valence electrons. The number of phenols is 1. The highest BCUT2D eigenvalue weighted by atomic mass is 79.9. The lowest BCUT2D eigenvalue weighted by atomic mass is 10.1. The maximum Gasteiger partial charge on any atom is 0.270 e. The van der Waals surface area contributed by atoms with E-state index in [2.05, 4.69) is 36.8 Å². The van der Waals surface area contributed by atoms with E-state index in [9.17, 15) is 14.7 Å². The summed E-state index contributed by atoms with van der Waals surface area (Å²) in [6, 6.07) is 10.7. The van der Waals surface area contributed by atoms with Gasteiger partial charge >= 0.3 is 0 Å². The molecule has 0 bridgehead atoms. The minimum atomic E-state index is -0.382. The summed E-state index contributed by atoms with van der Waals surface area (Å²) < 4.78 is 1.15. The van der Waals surface area contributed by atoms with Crippen molar-refractivity contribution in [3.8, 4) is 5.75 Å². The van der Waals surface area contributed by atoms with Gasteiger partial charge in [0, 0.05) is 28.7 Å². The first-order valence-corrected chi connectivity index (χ1v) is 10.7. The molecule has 0 radical (unpaired) electrons. The van der Waals surface area contributed by atoms with E-state index < -0.39 is 0 Å².